The van der Waals surface area contributed by atoms with E-state index in [9.17, 15) is 18.0 Å². The smallest absolute Gasteiger partial charge is 0.352 e. The van der Waals surface area contributed by atoms with Gasteiger partial charge in [-0.2, -0.15) is 13.2 Å². The third kappa shape index (κ3) is 4.00. The van der Waals surface area contributed by atoms with Gasteiger partial charge in [-0.3, -0.25) is 4.79 Å². The predicted octanol–water partition coefficient (Wildman–Crippen LogP) is 3.23. The molecular weight excluding hydrogens is 293 g/mol. The molecule has 3 nitrogen and oxygen atoms in total. The third-order valence-corrected chi connectivity index (χ3v) is 4.32. The molecule has 1 saturated carbocycles. The molecule has 1 aliphatic carbocycles. The molecule has 22 heavy (non-hydrogen) atoms. The first-order valence-electron chi connectivity index (χ1n) is 7.43. The van der Waals surface area contributed by atoms with Crippen LogP contribution < -0.4 is 11.1 Å². The second kappa shape index (κ2) is 6.28. The van der Waals surface area contributed by atoms with Crippen LogP contribution in [0.1, 0.15) is 43.7 Å². The molecule has 1 aromatic carbocycles. The number of carbonyl (C=O) groups is 1. The summed E-state index contributed by atoms with van der Waals surface area (Å²) in [6.45, 7) is 2.10. The van der Waals surface area contributed by atoms with E-state index in [1.165, 1.54) is 12.1 Å². The summed E-state index contributed by atoms with van der Waals surface area (Å²) >= 11 is 0. The molecule has 1 aliphatic rings. The molecule has 2 rings (SSSR count). The molecule has 6 heteroatoms. The van der Waals surface area contributed by atoms with Crippen molar-refractivity contribution >= 4 is 5.91 Å². The number of benzene rings is 1. The maximum atomic E-state index is 12.5. The van der Waals surface area contributed by atoms with Gasteiger partial charge in [0.25, 0.3) is 0 Å². The summed E-state index contributed by atoms with van der Waals surface area (Å²) in [7, 11) is 0. The Morgan fingerprint density at radius 1 is 1.32 bits per heavy atom. The number of hydrogen-bond donors (Lipinski definition) is 2. The number of nitrogens with two attached hydrogens (primary N) is 1. The molecule has 2 unspecified atom stereocenters. The lowest BCUT2D eigenvalue weighted by molar-refractivity contribution is -0.137. The highest BCUT2D eigenvalue weighted by Gasteiger charge is 2.37. The SMILES string of the molecule is CC1(N)CCCCC1C(=O)NCc1ccc(C(F)(F)F)cc1. The fourth-order valence-corrected chi connectivity index (χ4v) is 2.91. The van der Waals surface area contributed by atoms with Crippen molar-refractivity contribution in [2.45, 2.75) is 50.9 Å². The monoisotopic (exact) mass is 314 g/mol. The van der Waals surface area contributed by atoms with Gasteiger partial charge in [0.1, 0.15) is 0 Å². The Kier molecular flexibility index (Phi) is 4.80. The van der Waals surface area contributed by atoms with Crippen LogP contribution in [-0.4, -0.2) is 11.4 Å². The normalized spacial score (nSPS) is 25.8. The summed E-state index contributed by atoms with van der Waals surface area (Å²) in [6.07, 6.45) is -0.775. The average molecular weight is 314 g/mol. The second-order valence-corrected chi connectivity index (χ2v) is 6.22. The summed E-state index contributed by atoms with van der Waals surface area (Å²) in [5.41, 5.74) is 5.61. The molecule has 1 amide bonds. The fourth-order valence-electron chi connectivity index (χ4n) is 2.91. The average Bonchev–Trinajstić information content (AvgIpc) is 2.44. The lowest BCUT2D eigenvalue weighted by Gasteiger charge is -2.37. The van der Waals surface area contributed by atoms with Crippen LogP contribution in [0.3, 0.4) is 0 Å². The van der Waals surface area contributed by atoms with Crippen LogP contribution in [-0.2, 0) is 17.5 Å². The zero-order valence-electron chi connectivity index (χ0n) is 12.5. The molecule has 2 atom stereocenters. The van der Waals surface area contributed by atoms with Gasteiger partial charge >= 0.3 is 6.18 Å². The molecule has 1 aromatic rings. The Bertz CT molecular complexity index is 523. The standard InChI is InChI=1S/C16H21F3N2O/c1-15(20)9-3-2-4-13(15)14(22)21-10-11-5-7-12(8-6-11)16(17,18)19/h5-8,13H,2-4,9-10,20H2,1H3,(H,21,22). The first-order chi connectivity index (χ1) is 10.2. The Morgan fingerprint density at radius 3 is 2.50 bits per heavy atom. The van der Waals surface area contributed by atoms with Gasteiger partial charge in [-0.05, 0) is 37.5 Å². The molecule has 0 radical (unpaired) electrons. The summed E-state index contributed by atoms with van der Waals surface area (Å²) in [5, 5.41) is 2.78. The van der Waals surface area contributed by atoms with Gasteiger partial charge in [-0.1, -0.05) is 25.0 Å². The lowest BCUT2D eigenvalue weighted by Crippen LogP contribution is -2.52. The third-order valence-electron chi connectivity index (χ3n) is 4.32. The number of alkyl halides is 3. The van der Waals surface area contributed by atoms with E-state index < -0.39 is 17.3 Å². The van der Waals surface area contributed by atoms with Crippen molar-refractivity contribution in [3.05, 3.63) is 35.4 Å². The first-order valence-corrected chi connectivity index (χ1v) is 7.43. The molecule has 0 aromatic heterocycles. The van der Waals surface area contributed by atoms with Crippen molar-refractivity contribution in [3.63, 3.8) is 0 Å². The molecule has 0 heterocycles. The summed E-state index contributed by atoms with van der Waals surface area (Å²) in [5.74, 6) is -0.361. The molecule has 0 saturated heterocycles. The van der Waals surface area contributed by atoms with E-state index in [1.54, 1.807) is 0 Å². The van der Waals surface area contributed by atoms with Crippen LogP contribution in [0.15, 0.2) is 24.3 Å². The Morgan fingerprint density at radius 2 is 1.95 bits per heavy atom. The maximum absolute atomic E-state index is 12.5. The molecule has 1 fully saturated rings. The fraction of sp³-hybridized carbons (Fsp3) is 0.562. The van der Waals surface area contributed by atoms with Gasteiger partial charge in [0.15, 0.2) is 0 Å². The van der Waals surface area contributed by atoms with Gasteiger partial charge in [0.2, 0.25) is 5.91 Å². The lowest BCUT2D eigenvalue weighted by atomic mass is 9.74. The predicted molar refractivity (Wildman–Crippen MR) is 77.8 cm³/mol. The maximum Gasteiger partial charge on any atom is 0.416 e. The highest BCUT2D eigenvalue weighted by molar-refractivity contribution is 5.80. The molecule has 122 valence electrons. The minimum atomic E-state index is -4.34. The van der Waals surface area contributed by atoms with Crippen molar-refractivity contribution in [1.82, 2.24) is 5.32 Å². The molecule has 3 N–H and O–H groups in total. The molecule has 0 aliphatic heterocycles. The van der Waals surface area contributed by atoms with Crippen LogP contribution in [0.25, 0.3) is 0 Å². The number of carbonyl (C=O) groups excluding carboxylic acids is 1. The summed E-state index contributed by atoms with van der Waals surface area (Å²) in [4.78, 5) is 12.2. The molecule has 0 spiro atoms. The van der Waals surface area contributed by atoms with E-state index in [0.717, 1.165) is 37.8 Å². The first kappa shape index (κ1) is 16.8. The second-order valence-electron chi connectivity index (χ2n) is 6.22. The number of amides is 1. The number of nitrogens with one attached hydrogen (secondary N) is 1. The van der Waals surface area contributed by atoms with Gasteiger partial charge in [0, 0.05) is 12.1 Å². The Labute approximate surface area is 128 Å². The van der Waals surface area contributed by atoms with Crippen molar-refractivity contribution in [2.75, 3.05) is 0 Å². The topological polar surface area (TPSA) is 55.1 Å². The Balaban J connectivity index is 1.93. The van der Waals surface area contributed by atoms with Crippen molar-refractivity contribution in [1.29, 1.82) is 0 Å². The van der Waals surface area contributed by atoms with Crippen LogP contribution in [0, 0.1) is 5.92 Å². The van der Waals surface area contributed by atoms with E-state index >= 15 is 0 Å². The highest BCUT2D eigenvalue weighted by atomic mass is 19.4. The highest BCUT2D eigenvalue weighted by Crippen LogP contribution is 2.32. The molecular formula is C16H21F3N2O. The van der Waals surface area contributed by atoms with Crippen LogP contribution in [0.5, 0.6) is 0 Å². The number of halogens is 3. The minimum absolute atomic E-state index is 0.121. The minimum Gasteiger partial charge on any atom is -0.352 e. The van der Waals surface area contributed by atoms with Gasteiger partial charge in [-0.15, -0.1) is 0 Å². The van der Waals surface area contributed by atoms with E-state index in [4.69, 9.17) is 5.73 Å². The van der Waals surface area contributed by atoms with Crippen molar-refractivity contribution < 1.29 is 18.0 Å². The van der Waals surface area contributed by atoms with Crippen molar-refractivity contribution in [2.24, 2.45) is 11.7 Å². The van der Waals surface area contributed by atoms with Crippen molar-refractivity contribution in [3.8, 4) is 0 Å². The zero-order valence-corrected chi connectivity index (χ0v) is 12.5. The van der Waals surface area contributed by atoms with E-state index in [2.05, 4.69) is 5.32 Å². The zero-order chi connectivity index (χ0) is 16.4. The van der Waals surface area contributed by atoms with Crippen LogP contribution in [0.2, 0.25) is 0 Å². The molecule has 0 bridgehead atoms. The van der Waals surface area contributed by atoms with Crippen LogP contribution in [0.4, 0.5) is 13.2 Å². The number of hydrogen-bond acceptors (Lipinski definition) is 2. The number of rotatable bonds is 3. The summed E-state index contributed by atoms with van der Waals surface area (Å²) < 4.78 is 37.4. The van der Waals surface area contributed by atoms with Gasteiger partial charge in [0.05, 0.1) is 11.5 Å². The van der Waals surface area contributed by atoms with E-state index in [1.807, 2.05) is 6.92 Å². The summed E-state index contributed by atoms with van der Waals surface area (Å²) in [6, 6.07) is 4.81. The van der Waals surface area contributed by atoms with Gasteiger partial charge < -0.3 is 11.1 Å². The van der Waals surface area contributed by atoms with Gasteiger partial charge in [-0.25, -0.2) is 0 Å². The Hall–Kier alpha value is -1.56. The van der Waals surface area contributed by atoms with E-state index in [0.29, 0.717) is 5.56 Å². The van der Waals surface area contributed by atoms with E-state index in [-0.39, 0.29) is 18.4 Å². The quantitative estimate of drug-likeness (QED) is 0.900. The van der Waals surface area contributed by atoms with Crippen LogP contribution >= 0.6 is 0 Å². The largest absolute Gasteiger partial charge is 0.416 e.